The second kappa shape index (κ2) is 12.1. The molecule has 0 amide bonds. The highest BCUT2D eigenvalue weighted by Gasteiger charge is 2.17. The molecule has 5 aromatic rings. The predicted octanol–water partition coefficient (Wildman–Crippen LogP) is 4.71. The van der Waals surface area contributed by atoms with Crippen molar-refractivity contribution in [3.05, 3.63) is 111 Å². The molecule has 3 aromatic heterocycles. The Morgan fingerprint density at radius 3 is 2.77 bits per heavy atom. The van der Waals surface area contributed by atoms with Gasteiger partial charge in [-0.15, -0.1) is 0 Å². The van der Waals surface area contributed by atoms with Gasteiger partial charge in [0.1, 0.15) is 11.3 Å². The van der Waals surface area contributed by atoms with Crippen molar-refractivity contribution in [2.45, 2.75) is 39.9 Å². The van der Waals surface area contributed by atoms with Gasteiger partial charge in [-0.05, 0) is 49.4 Å². The van der Waals surface area contributed by atoms with E-state index in [0.29, 0.717) is 41.3 Å². The largest absolute Gasteiger partial charge is 0.481 e. The van der Waals surface area contributed by atoms with E-state index in [-0.39, 0.29) is 5.43 Å². The van der Waals surface area contributed by atoms with Gasteiger partial charge in [0.2, 0.25) is 5.88 Å². The predicted molar refractivity (Wildman–Crippen MR) is 161 cm³/mol. The molecule has 7 heteroatoms. The molecule has 0 bridgehead atoms. The molecule has 0 aliphatic rings. The number of pyridine rings is 1. The third-order valence-electron chi connectivity index (χ3n) is 7.15. The first-order chi connectivity index (χ1) is 19.5. The van der Waals surface area contributed by atoms with Crippen LogP contribution in [-0.2, 0) is 19.6 Å². The number of imidazole rings is 1. The number of fused-ring (bicyclic) bond motifs is 3. The zero-order chi connectivity index (χ0) is 28.1. The number of hydrogen-bond donors (Lipinski definition) is 0. The van der Waals surface area contributed by atoms with E-state index in [4.69, 9.17) is 9.15 Å². The lowest BCUT2D eigenvalue weighted by atomic mass is 10.0. The van der Waals surface area contributed by atoms with Crippen LogP contribution in [0.2, 0.25) is 0 Å². The second-order valence-corrected chi connectivity index (χ2v) is 9.86. The van der Waals surface area contributed by atoms with Crippen LogP contribution in [-0.4, -0.2) is 33.1 Å². The third-order valence-corrected chi connectivity index (χ3v) is 7.15. The number of aryl methyl sites for hydroxylation is 2. The molecule has 0 fully saturated rings. The maximum Gasteiger partial charge on any atom is 0.213 e. The summed E-state index contributed by atoms with van der Waals surface area (Å²) >= 11 is 0. The number of rotatable bonds is 10. The average Bonchev–Trinajstić information content (AvgIpc) is 3.32. The fourth-order valence-electron chi connectivity index (χ4n) is 5.06. The van der Waals surface area contributed by atoms with Gasteiger partial charge in [0.15, 0.2) is 5.43 Å². The van der Waals surface area contributed by atoms with E-state index in [0.717, 1.165) is 46.5 Å². The van der Waals surface area contributed by atoms with Gasteiger partial charge in [0, 0.05) is 43.8 Å². The van der Waals surface area contributed by atoms with Gasteiger partial charge >= 0.3 is 0 Å². The maximum atomic E-state index is 13.8. The van der Waals surface area contributed by atoms with Crippen molar-refractivity contribution in [2.75, 3.05) is 13.7 Å². The van der Waals surface area contributed by atoms with E-state index in [1.807, 2.05) is 86.9 Å². The monoisotopic (exact) mass is 534 g/mol. The number of hydrogen-bond acceptors (Lipinski definition) is 6. The van der Waals surface area contributed by atoms with Crippen LogP contribution in [0.15, 0.2) is 82.4 Å². The van der Waals surface area contributed by atoms with Crippen LogP contribution in [0.1, 0.15) is 30.2 Å². The first kappa shape index (κ1) is 27.1. The summed E-state index contributed by atoms with van der Waals surface area (Å²) in [6.07, 6.45) is 10.5. The molecule has 0 saturated heterocycles. The molecule has 5 rings (SSSR count). The van der Waals surface area contributed by atoms with Gasteiger partial charge in [-0.2, -0.15) is 0 Å². The number of methoxy groups -OCH3 is 1. The van der Waals surface area contributed by atoms with Crippen molar-refractivity contribution < 1.29 is 9.15 Å². The quantitative estimate of drug-likeness (QED) is 0.242. The average molecular weight is 535 g/mol. The maximum absolute atomic E-state index is 13.8. The Morgan fingerprint density at radius 1 is 1.10 bits per heavy atom. The molecule has 0 radical (unpaired) electrons. The smallest absolute Gasteiger partial charge is 0.213 e. The van der Waals surface area contributed by atoms with Crippen LogP contribution >= 0.6 is 0 Å². The van der Waals surface area contributed by atoms with E-state index >= 15 is 0 Å². The third kappa shape index (κ3) is 5.75. The van der Waals surface area contributed by atoms with E-state index in [2.05, 4.69) is 26.0 Å². The molecule has 0 spiro atoms. The first-order valence-corrected chi connectivity index (χ1v) is 13.5. The van der Waals surface area contributed by atoms with E-state index in [9.17, 15) is 4.79 Å². The van der Waals surface area contributed by atoms with Gasteiger partial charge in [0.25, 0.3) is 0 Å². The number of aromatic nitrogens is 3. The Kier molecular flexibility index (Phi) is 8.22. The SMILES string of the molecule is C=c1ncn(CCCN(Cc2ccnc(OC)c2)Cc2c(C)oc3c(ccc4ccccc43)c2=O)/c1=C/C=C\C. The van der Waals surface area contributed by atoms with Crippen molar-refractivity contribution in [3.8, 4) is 5.88 Å². The lowest BCUT2D eigenvalue weighted by Crippen LogP contribution is -2.31. The highest BCUT2D eigenvalue weighted by molar-refractivity contribution is 6.03. The Labute approximate surface area is 233 Å². The summed E-state index contributed by atoms with van der Waals surface area (Å²) in [6.45, 7) is 10.6. The molecule has 0 saturated carbocycles. The summed E-state index contributed by atoms with van der Waals surface area (Å²) in [5.41, 5.74) is 2.39. The van der Waals surface area contributed by atoms with Gasteiger partial charge in [-0.3, -0.25) is 9.69 Å². The Bertz CT molecular complexity index is 1850. The van der Waals surface area contributed by atoms with Crippen LogP contribution in [0.5, 0.6) is 5.88 Å². The van der Waals surface area contributed by atoms with Crippen molar-refractivity contribution in [3.63, 3.8) is 0 Å². The molecule has 0 N–H and O–H groups in total. The molecule has 0 aliphatic heterocycles. The van der Waals surface area contributed by atoms with Gasteiger partial charge < -0.3 is 13.7 Å². The zero-order valence-corrected chi connectivity index (χ0v) is 23.3. The standard InChI is InChI=1S/C33H34N4O3/c1-5-6-12-30-23(2)35-22-37(30)18-9-17-36(20-25-15-16-34-31(19-25)39-4)21-29-24(3)40-33-27-11-8-7-10-26(27)13-14-28(33)32(29)38/h5-8,10-16,19,22H,2,9,17-18,20-21H2,1,3-4H3/b6-5-,30-12+. The van der Waals surface area contributed by atoms with Crippen molar-refractivity contribution in [1.82, 2.24) is 19.4 Å². The molecule has 2 aromatic carbocycles. The Hall–Kier alpha value is -4.49. The second-order valence-electron chi connectivity index (χ2n) is 9.86. The molecular weight excluding hydrogens is 500 g/mol. The van der Waals surface area contributed by atoms with Gasteiger partial charge in [-0.1, -0.05) is 49.1 Å². The Morgan fingerprint density at radius 2 is 1.95 bits per heavy atom. The minimum atomic E-state index is 0.0151. The van der Waals surface area contributed by atoms with Crippen molar-refractivity contribution >= 4 is 34.4 Å². The minimum Gasteiger partial charge on any atom is -0.481 e. The van der Waals surface area contributed by atoms with Gasteiger partial charge in [0.05, 0.1) is 35.1 Å². The number of ether oxygens (including phenoxy) is 1. The molecule has 3 heterocycles. The molecule has 40 heavy (non-hydrogen) atoms. The summed E-state index contributed by atoms with van der Waals surface area (Å²) in [5.74, 6) is 1.21. The summed E-state index contributed by atoms with van der Waals surface area (Å²) < 4.78 is 13.8. The van der Waals surface area contributed by atoms with Gasteiger partial charge in [-0.25, -0.2) is 9.97 Å². The number of allylic oxidation sites excluding steroid dienone is 2. The fraction of sp³-hybridized carbons (Fsp3) is 0.242. The van der Waals surface area contributed by atoms with E-state index in [1.165, 1.54) is 0 Å². The van der Waals surface area contributed by atoms with Crippen LogP contribution in [0.25, 0.3) is 34.4 Å². The van der Waals surface area contributed by atoms with Crippen LogP contribution in [0.4, 0.5) is 0 Å². The lowest BCUT2D eigenvalue weighted by Gasteiger charge is -2.23. The highest BCUT2D eigenvalue weighted by Crippen LogP contribution is 2.26. The molecule has 0 unspecified atom stereocenters. The molecule has 0 atom stereocenters. The van der Waals surface area contributed by atoms with Crippen molar-refractivity contribution in [1.29, 1.82) is 0 Å². The first-order valence-electron chi connectivity index (χ1n) is 13.5. The van der Waals surface area contributed by atoms with Crippen LogP contribution in [0.3, 0.4) is 0 Å². The normalized spacial score (nSPS) is 12.3. The summed E-state index contributed by atoms with van der Waals surface area (Å²) in [7, 11) is 1.61. The lowest BCUT2D eigenvalue weighted by molar-refractivity contribution is 0.244. The minimum absolute atomic E-state index is 0.0151. The van der Waals surface area contributed by atoms with Crippen molar-refractivity contribution in [2.24, 2.45) is 0 Å². The van der Waals surface area contributed by atoms with Crippen LogP contribution < -0.4 is 20.9 Å². The molecular formula is C33H34N4O3. The fourth-order valence-corrected chi connectivity index (χ4v) is 5.06. The zero-order valence-electron chi connectivity index (χ0n) is 23.3. The number of benzene rings is 2. The number of nitrogens with zero attached hydrogens (tertiary/aromatic N) is 4. The summed E-state index contributed by atoms with van der Waals surface area (Å²) in [5, 5.41) is 4.37. The van der Waals surface area contributed by atoms with Crippen LogP contribution in [0, 0.1) is 6.92 Å². The van der Waals surface area contributed by atoms with E-state index in [1.54, 1.807) is 13.3 Å². The topological polar surface area (TPSA) is 73.4 Å². The Balaban J connectivity index is 1.45. The highest BCUT2D eigenvalue weighted by atomic mass is 16.5. The summed E-state index contributed by atoms with van der Waals surface area (Å²) in [4.78, 5) is 24.7. The molecule has 204 valence electrons. The molecule has 7 nitrogen and oxygen atoms in total. The van der Waals surface area contributed by atoms with E-state index < -0.39 is 0 Å². The molecule has 0 aliphatic carbocycles. The summed E-state index contributed by atoms with van der Waals surface area (Å²) in [6, 6.07) is 15.8.